The molecule has 0 bridgehead atoms. The van der Waals surface area contributed by atoms with E-state index in [2.05, 4.69) is 22.0 Å². The third-order valence-electron chi connectivity index (χ3n) is 6.04. The molecule has 32 heavy (non-hydrogen) atoms. The van der Waals surface area contributed by atoms with Crippen LogP contribution in [0.2, 0.25) is 0 Å². The summed E-state index contributed by atoms with van der Waals surface area (Å²) in [6.07, 6.45) is 4.88. The predicted molar refractivity (Wildman–Crippen MR) is 124 cm³/mol. The highest BCUT2D eigenvalue weighted by Gasteiger charge is 2.27. The number of carbonyl (C=O) groups excluding carboxylic acids is 1. The molecular formula is C26H29FN4O. The van der Waals surface area contributed by atoms with E-state index in [9.17, 15) is 9.18 Å². The first-order valence-corrected chi connectivity index (χ1v) is 11.1. The number of hydrogen-bond donors (Lipinski definition) is 0. The number of aryl methyl sites for hydroxylation is 1. The Bertz CT molecular complexity index is 1110. The highest BCUT2D eigenvalue weighted by Crippen LogP contribution is 2.31. The normalized spacial score (nSPS) is 16.7. The molecule has 1 aliphatic heterocycles. The molecule has 6 heteroatoms. The summed E-state index contributed by atoms with van der Waals surface area (Å²) in [5.74, 6) is 0.471. The van der Waals surface area contributed by atoms with Gasteiger partial charge in [-0.05, 0) is 49.6 Å². The standard InChI is InChI=1S/C26H29FN4O/c1-18-22(26(32)30(2)3)16-28-25(29-18)24-13-6-7-14-31(24)17-19-9-8-10-20(15-19)21-11-4-5-12-23(21)27/h4-5,8-12,15-16,24H,6-7,13-14,17H2,1-3H3/t24-/m0/s1. The van der Waals surface area contributed by atoms with E-state index in [1.165, 1.54) is 6.07 Å². The van der Waals surface area contributed by atoms with E-state index in [0.29, 0.717) is 16.8 Å². The number of benzene rings is 2. The largest absolute Gasteiger partial charge is 0.345 e. The highest BCUT2D eigenvalue weighted by molar-refractivity contribution is 5.94. The van der Waals surface area contributed by atoms with Crippen LogP contribution in [-0.4, -0.2) is 46.3 Å². The van der Waals surface area contributed by atoms with Crippen LogP contribution in [0.15, 0.2) is 54.7 Å². The maximum Gasteiger partial charge on any atom is 0.256 e. The van der Waals surface area contributed by atoms with Crippen molar-refractivity contribution in [3.05, 3.63) is 83.2 Å². The molecule has 1 saturated heterocycles. The molecule has 1 aromatic heterocycles. The molecule has 5 nitrogen and oxygen atoms in total. The Labute approximate surface area is 188 Å². The number of rotatable bonds is 5. The average Bonchev–Trinajstić information content (AvgIpc) is 2.79. The zero-order valence-corrected chi connectivity index (χ0v) is 18.9. The molecule has 2 heterocycles. The summed E-state index contributed by atoms with van der Waals surface area (Å²) >= 11 is 0. The summed E-state index contributed by atoms with van der Waals surface area (Å²) in [6, 6.07) is 15.1. The zero-order chi connectivity index (χ0) is 22.7. The number of amides is 1. The van der Waals surface area contributed by atoms with Crippen LogP contribution in [0.25, 0.3) is 11.1 Å². The first-order chi connectivity index (χ1) is 15.4. The van der Waals surface area contributed by atoms with Crippen molar-refractivity contribution < 1.29 is 9.18 Å². The van der Waals surface area contributed by atoms with Crippen molar-refractivity contribution in [2.45, 2.75) is 38.8 Å². The van der Waals surface area contributed by atoms with Crippen molar-refractivity contribution in [1.82, 2.24) is 19.8 Å². The van der Waals surface area contributed by atoms with E-state index in [-0.39, 0.29) is 17.8 Å². The van der Waals surface area contributed by atoms with Crippen LogP contribution in [0.5, 0.6) is 0 Å². The van der Waals surface area contributed by atoms with Gasteiger partial charge in [0.1, 0.15) is 11.6 Å². The lowest BCUT2D eigenvalue weighted by Crippen LogP contribution is -2.34. The molecule has 2 aromatic carbocycles. The minimum Gasteiger partial charge on any atom is -0.345 e. The van der Waals surface area contributed by atoms with Crippen LogP contribution in [0.1, 0.15) is 52.7 Å². The predicted octanol–water partition coefficient (Wildman–Crippen LogP) is 5.02. The fourth-order valence-corrected chi connectivity index (χ4v) is 4.34. The van der Waals surface area contributed by atoms with Crippen molar-refractivity contribution in [2.75, 3.05) is 20.6 Å². The van der Waals surface area contributed by atoms with Gasteiger partial charge in [-0.15, -0.1) is 0 Å². The molecule has 0 unspecified atom stereocenters. The van der Waals surface area contributed by atoms with Gasteiger partial charge in [0.05, 0.1) is 17.3 Å². The molecule has 4 rings (SSSR count). The number of halogens is 1. The van der Waals surface area contributed by atoms with Crippen molar-refractivity contribution >= 4 is 5.91 Å². The van der Waals surface area contributed by atoms with E-state index in [4.69, 9.17) is 4.98 Å². The number of carbonyl (C=O) groups is 1. The third kappa shape index (κ3) is 4.70. The van der Waals surface area contributed by atoms with Gasteiger partial charge in [-0.25, -0.2) is 14.4 Å². The van der Waals surface area contributed by atoms with Gasteiger partial charge < -0.3 is 4.90 Å². The number of likely N-dealkylation sites (tertiary alicyclic amines) is 1. The van der Waals surface area contributed by atoms with Crippen LogP contribution in [-0.2, 0) is 6.54 Å². The smallest absolute Gasteiger partial charge is 0.256 e. The fourth-order valence-electron chi connectivity index (χ4n) is 4.34. The van der Waals surface area contributed by atoms with Crippen molar-refractivity contribution in [3.63, 3.8) is 0 Å². The van der Waals surface area contributed by atoms with Crippen LogP contribution in [0.3, 0.4) is 0 Å². The molecule has 0 saturated carbocycles. The molecular weight excluding hydrogens is 403 g/mol. The van der Waals surface area contributed by atoms with E-state index < -0.39 is 0 Å². The monoisotopic (exact) mass is 432 g/mol. The van der Waals surface area contributed by atoms with E-state index in [1.54, 1.807) is 31.3 Å². The summed E-state index contributed by atoms with van der Waals surface area (Å²) in [4.78, 5) is 25.6. The summed E-state index contributed by atoms with van der Waals surface area (Å²) in [5, 5.41) is 0. The summed E-state index contributed by atoms with van der Waals surface area (Å²) in [5.41, 5.74) is 3.88. The summed E-state index contributed by atoms with van der Waals surface area (Å²) in [6.45, 7) is 3.57. The number of nitrogens with zero attached hydrogens (tertiary/aromatic N) is 4. The lowest BCUT2D eigenvalue weighted by Gasteiger charge is -2.35. The molecule has 166 valence electrons. The third-order valence-corrected chi connectivity index (χ3v) is 6.04. The van der Waals surface area contributed by atoms with Crippen LogP contribution < -0.4 is 0 Å². The van der Waals surface area contributed by atoms with Crippen molar-refractivity contribution in [1.29, 1.82) is 0 Å². The maximum atomic E-state index is 14.3. The Hall–Kier alpha value is -3.12. The van der Waals surface area contributed by atoms with Crippen LogP contribution in [0.4, 0.5) is 4.39 Å². The summed E-state index contributed by atoms with van der Waals surface area (Å²) < 4.78 is 14.3. The van der Waals surface area contributed by atoms with Gasteiger partial charge in [0.2, 0.25) is 0 Å². The van der Waals surface area contributed by atoms with Crippen molar-refractivity contribution in [3.8, 4) is 11.1 Å². The van der Waals surface area contributed by atoms with Gasteiger partial charge in [0.25, 0.3) is 5.91 Å². The molecule has 0 N–H and O–H groups in total. The number of piperidine rings is 1. The lowest BCUT2D eigenvalue weighted by molar-refractivity contribution is 0.0825. The molecule has 0 spiro atoms. The molecule has 1 aliphatic rings. The van der Waals surface area contributed by atoms with Gasteiger partial charge in [0.15, 0.2) is 0 Å². The Balaban J connectivity index is 1.58. The number of hydrogen-bond acceptors (Lipinski definition) is 4. The summed E-state index contributed by atoms with van der Waals surface area (Å²) in [7, 11) is 3.46. The quantitative estimate of drug-likeness (QED) is 0.568. The molecule has 0 aliphatic carbocycles. The Kier molecular flexibility index (Phi) is 6.61. The topological polar surface area (TPSA) is 49.3 Å². The van der Waals surface area contributed by atoms with Crippen LogP contribution in [0, 0.1) is 12.7 Å². The maximum absolute atomic E-state index is 14.3. The van der Waals surface area contributed by atoms with Gasteiger partial charge in [0, 0.05) is 32.4 Å². The molecule has 1 atom stereocenters. The fraction of sp³-hybridized carbons (Fsp3) is 0.346. The minimum absolute atomic E-state index is 0.0838. The SMILES string of the molecule is Cc1nc([C@@H]2CCCCN2Cc2cccc(-c3ccccc3F)c2)ncc1C(=O)N(C)C. The van der Waals surface area contributed by atoms with Gasteiger partial charge in [-0.2, -0.15) is 0 Å². The van der Waals surface area contributed by atoms with Gasteiger partial charge >= 0.3 is 0 Å². The van der Waals surface area contributed by atoms with E-state index in [0.717, 1.165) is 49.3 Å². The van der Waals surface area contributed by atoms with Crippen LogP contribution >= 0.6 is 0 Å². The lowest BCUT2D eigenvalue weighted by atomic mass is 9.98. The minimum atomic E-state index is -0.211. The molecule has 0 radical (unpaired) electrons. The second-order valence-electron chi connectivity index (χ2n) is 8.59. The van der Waals surface area contributed by atoms with E-state index in [1.807, 2.05) is 31.2 Å². The van der Waals surface area contributed by atoms with Gasteiger partial charge in [-0.3, -0.25) is 9.69 Å². The molecule has 3 aromatic rings. The molecule has 1 fully saturated rings. The Morgan fingerprint density at radius 1 is 1.16 bits per heavy atom. The first-order valence-electron chi connectivity index (χ1n) is 11.1. The highest BCUT2D eigenvalue weighted by atomic mass is 19.1. The second kappa shape index (κ2) is 9.57. The Morgan fingerprint density at radius 3 is 2.72 bits per heavy atom. The van der Waals surface area contributed by atoms with Gasteiger partial charge in [-0.1, -0.05) is 42.8 Å². The Morgan fingerprint density at radius 2 is 1.97 bits per heavy atom. The number of aromatic nitrogens is 2. The van der Waals surface area contributed by atoms with Crippen molar-refractivity contribution in [2.24, 2.45) is 0 Å². The second-order valence-corrected chi connectivity index (χ2v) is 8.59. The zero-order valence-electron chi connectivity index (χ0n) is 18.9. The first kappa shape index (κ1) is 22.1. The average molecular weight is 433 g/mol. The van der Waals surface area contributed by atoms with E-state index >= 15 is 0 Å². The molecule has 1 amide bonds.